The number of nitrogens with zero attached hydrogens (tertiary/aromatic N) is 8. The third kappa shape index (κ3) is 11.9. The quantitative estimate of drug-likeness (QED) is 0.0969. The van der Waals surface area contributed by atoms with Crippen molar-refractivity contribution in [2.24, 2.45) is 0 Å². The average Bonchev–Trinajstić information content (AvgIpc) is 1.56. The minimum Gasteiger partial charge on any atom is -0.456 e. The molecule has 2 aliphatic heterocycles. The fourth-order valence-corrected chi connectivity index (χ4v) is 22.4. The Hall–Kier alpha value is -14.2. The van der Waals surface area contributed by atoms with Gasteiger partial charge in [0.2, 0.25) is 0 Å². The zero-order valence-electron chi connectivity index (χ0n) is 59.7. The largest absolute Gasteiger partial charge is 0.456 e. The van der Waals surface area contributed by atoms with Gasteiger partial charge >= 0.3 is 0 Å². The van der Waals surface area contributed by atoms with Crippen molar-refractivity contribution < 1.29 is 8.83 Å². The number of nitriles is 4. The van der Waals surface area contributed by atoms with E-state index in [9.17, 15) is 21.0 Å². The second kappa shape index (κ2) is 27.7. The van der Waals surface area contributed by atoms with Crippen LogP contribution in [0.5, 0.6) is 0 Å². The Kier molecular flexibility index (Phi) is 17.2. The molecule has 4 heterocycles. The molecule has 0 radical (unpaired) electrons. The molecule has 0 unspecified atom stereocenters. The monoisotopic (exact) mass is 1420 g/mol. The normalized spacial score (nSPS) is 12.4. The molecule has 0 saturated carbocycles. The highest BCUT2D eigenvalue weighted by Gasteiger charge is 2.44. The van der Waals surface area contributed by atoms with Crippen LogP contribution in [0, 0.1) is 45.3 Å². The smallest absolute Gasteiger partial charge is 0.136 e. The van der Waals surface area contributed by atoms with Gasteiger partial charge in [-0.2, -0.15) is 21.0 Å². The zero-order valence-corrected chi connectivity index (χ0v) is 61.7. The van der Waals surface area contributed by atoms with Crippen LogP contribution in [-0.4, -0.2) is 16.1 Å². The van der Waals surface area contributed by atoms with Crippen LogP contribution in [0.1, 0.15) is 22.3 Å². The highest BCUT2D eigenvalue weighted by Crippen LogP contribution is 2.48. The van der Waals surface area contributed by atoms with E-state index in [0.717, 1.165) is 135 Å². The lowest BCUT2D eigenvalue weighted by atomic mass is 10.0. The molecule has 0 N–H and O–H groups in total. The summed E-state index contributed by atoms with van der Waals surface area (Å²) in [5.41, 5.74) is 22.8. The molecule has 2 aliphatic rings. The molecule has 2 aromatic heterocycles. The van der Waals surface area contributed by atoms with Crippen LogP contribution in [0.3, 0.4) is 0 Å². The first-order chi connectivity index (χ1) is 52.9. The second-order valence-corrected chi connectivity index (χ2v) is 36.7. The van der Waals surface area contributed by atoms with Crippen molar-refractivity contribution in [3.63, 3.8) is 0 Å². The molecule has 0 bridgehead atoms. The van der Waals surface area contributed by atoms with Crippen LogP contribution in [0.25, 0.3) is 66.8 Å². The molecule has 14 aromatic carbocycles. The minimum absolute atomic E-state index is 0.611. The molecule has 0 atom stereocenters. The second-order valence-electron chi connectivity index (χ2n) is 28.1. The van der Waals surface area contributed by atoms with Gasteiger partial charge in [0.05, 0.1) is 57.9 Å². The van der Waals surface area contributed by atoms with Crippen molar-refractivity contribution in [3.8, 4) is 69.2 Å². The predicted molar refractivity (Wildman–Crippen MR) is 445 cm³/mol. The van der Waals surface area contributed by atoms with Gasteiger partial charge < -0.3 is 28.4 Å². The van der Waals surface area contributed by atoms with Gasteiger partial charge in [0, 0.05) is 102 Å². The number of para-hydroxylation sites is 4. The minimum atomic E-state index is -2.21. The lowest BCUT2D eigenvalue weighted by molar-refractivity contribution is 0.634. The van der Waals surface area contributed by atoms with Gasteiger partial charge in [0.1, 0.15) is 38.8 Å². The van der Waals surface area contributed by atoms with Crippen LogP contribution in [0.15, 0.2) is 349 Å². The van der Waals surface area contributed by atoms with E-state index in [-0.39, 0.29) is 0 Å². The summed E-state index contributed by atoms with van der Waals surface area (Å²) in [7, 11) is -4.31. The van der Waals surface area contributed by atoms with Crippen molar-refractivity contribution in [1.82, 2.24) is 0 Å². The molecule has 0 fully saturated rings. The average molecular weight is 1420 g/mol. The fraction of sp³-hybridized carbons (Fsp3) is 0.0417. The standard InChI is InChI=1S/C54H38N4OSi.C42H30N4OSi/c1-60(2)52-32-30-43(57(41-25-21-37(35-55)22-26-41)49-19-11-9-17-45(49)39-13-5-3-6-14-39)33-48(52)53-54(60)47-31-29-44(34-51(47)59-53)58(42-27-23-38(36-56)24-28-42)50-20-12-10-18-46(50)40-15-7-4-8-16-40;1-48(2)40-24-22-35(45(31-9-5-3-6-10-31)33-17-13-29(27-43)14-18-33)25-38(40)41-42(48)37-23-21-36(26-39(37)47-41)46(32-11-7-4-8-12-32)34-19-15-30(28-44)16-20-34/h3-34H,1-2H3;3-26H,1-2H3. The lowest BCUT2D eigenvalue weighted by Gasteiger charge is -2.29. The summed E-state index contributed by atoms with van der Waals surface area (Å²) >= 11 is 0. The van der Waals surface area contributed by atoms with E-state index < -0.39 is 16.1 Å². The Balaban J connectivity index is 0.000000162. The SMILES string of the molecule is C[Si]1(C)c2ccc(N(c3ccc(C#N)cc3)c3ccccc3-c3ccccc3)cc2-c2oc3cc(N(c4ccc(C#N)cc4)c4ccccc4-c4ccccc4)ccc3c21.C[Si]1(C)c2ccc(N(c3ccccc3)c3ccc(C#N)cc3)cc2-c2oc3cc(N(c4ccccc4)c4ccc(C#N)cc4)ccc3c21. The fourth-order valence-electron chi connectivity index (χ4n) is 15.9. The molecule has 16 aromatic rings. The number of furan rings is 2. The van der Waals surface area contributed by atoms with E-state index in [2.05, 4.69) is 264 Å². The van der Waals surface area contributed by atoms with E-state index in [1.165, 1.54) is 20.7 Å². The third-order valence-electron chi connectivity index (χ3n) is 21.0. The Bertz CT molecular complexity index is 6290. The maximum absolute atomic E-state index is 9.66. The first-order valence-electron chi connectivity index (χ1n) is 35.9. The van der Waals surface area contributed by atoms with Crippen molar-refractivity contribution >= 4 is 127 Å². The molecule has 0 amide bonds. The molecule has 18 rings (SSSR count). The predicted octanol–water partition coefficient (Wildman–Crippen LogP) is 23.2. The summed E-state index contributed by atoms with van der Waals surface area (Å²) in [4.78, 5) is 8.96. The summed E-state index contributed by atoms with van der Waals surface area (Å²) in [6.07, 6.45) is 0. The molecule has 0 spiro atoms. The Morgan fingerprint density at radius 3 is 0.870 bits per heavy atom. The summed E-state index contributed by atoms with van der Waals surface area (Å²) in [5.74, 6) is 1.88. The summed E-state index contributed by atoms with van der Waals surface area (Å²) < 4.78 is 13.9. The summed E-state index contributed by atoms with van der Waals surface area (Å²) in [6.45, 7) is 9.65. The number of rotatable bonds is 14. The van der Waals surface area contributed by atoms with E-state index in [0.29, 0.717) is 22.3 Å². The summed E-state index contributed by atoms with van der Waals surface area (Å²) in [5, 5.41) is 45.7. The van der Waals surface area contributed by atoms with Gasteiger partial charge in [-0.05, 0) is 214 Å². The molecule has 0 aliphatic carbocycles. The summed E-state index contributed by atoms with van der Waals surface area (Å²) in [6, 6.07) is 125. The van der Waals surface area contributed by atoms with Gasteiger partial charge in [-0.15, -0.1) is 0 Å². The first-order valence-corrected chi connectivity index (χ1v) is 41.9. The highest BCUT2D eigenvalue weighted by atomic mass is 28.3. The molecular weight excluding hydrogens is 1350 g/mol. The van der Waals surface area contributed by atoms with Crippen molar-refractivity contribution in [3.05, 3.63) is 362 Å². The van der Waals surface area contributed by atoms with Gasteiger partial charge in [-0.3, -0.25) is 0 Å². The number of fused-ring (bicyclic) bond motifs is 10. The number of anilines is 12. The Morgan fingerprint density at radius 2 is 0.519 bits per heavy atom. The first kappa shape index (κ1) is 67.0. The Labute approximate surface area is 629 Å². The van der Waals surface area contributed by atoms with E-state index >= 15 is 0 Å². The topological polar surface area (TPSA) is 134 Å². The van der Waals surface area contributed by atoms with Gasteiger partial charge in [-0.1, -0.05) is 172 Å². The van der Waals surface area contributed by atoms with E-state index in [1.54, 1.807) is 0 Å². The lowest BCUT2D eigenvalue weighted by Crippen LogP contribution is -2.49. The molecule has 12 heteroatoms. The van der Waals surface area contributed by atoms with E-state index in [1.807, 2.05) is 146 Å². The van der Waals surface area contributed by atoms with Crippen LogP contribution >= 0.6 is 0 Å². The molecule has 0 saturated heterocycles. The molecule has 512 valence electrons. The van der Waals surface area contributed by atoms with Gasteiger partial charge in [-0.25, -0.2) is 0 Å². The number of hydrogen-bond donors (Lipinski definition) is 0. The van der Waals surface area contributed by atoms with Gasteiger partial charge in [0.25, 0.3) is 0 Å². The van der Waals surface area contributed by atoms with Crippen LogP contribution in [0.4, 0.5) is 68.2 Å². The van der Waals surface area contributed by atoms with Crippen LogP contribution in [0.2, 0.25) is 26.2 Å². The van der Waals surface area contributed by atoms with Crippen molar-refractivity contribution in [2.45, 2.75) is 26.2 Å². The maximum atomic E-state index is 9.66. The molecule has 108 heavy (non-hydrogen) atoms. The van der Waals surface area contributed by atoms with Crippen LogP contribution < -0.4 is 40.3 Å². The zero-order chi connectivity index (χ0) is 73.6. The molecule has 10 nitrogen and oxygen atoms in total. The van der Waals surface area contributed by atoms with E-state index in [4.69, 9.17) is 8.83 Å². The Morgan fingerprint density at radius 1 is 0.250 bits per heavy atom. The molecular formula is C96H68N8O2Si2. The number of benzene rings is 14. The van der Waals surface area contributed by atoms with Crippen LogP contribution in [-0.2, 0) is 0 Å². The maximum Gasteiger partial charge on any atom is 0.136 e. The van der Waals surface area contributed by atoms with Gasteiger partial charge in [0.15, 0.2) is 0 Å². The van der Waals surface area contributed by atoms with Crippen molar-refractivity contribution in [2.75, 3.05) is 19.6 Å². The highest BCUT2D eigenvalue weighted by molar-refractivity contribution is 7.05. The third-order valence-corrected chi connectivity index (χ3v) is 28.0. The van der Waals surface area contributed by atoms with Crippen molar-refractivity contribution in [1.29, 1.82) is 21.0 Å². The number of hydrogen-bond acceptors (Lipinski definition) is 10.